The lowest BCUT2D eigenvalue weighted by Crippen LogP contribution is -2.61. The minimum atomic E-state index is -6.91. The van der Waals surface area contributed by atoms with Crippen LogP contribution in [-0.2, 0) is 6.54 Å². The fourth-order valence-electron chi connectivity index (χ4n) is 2.02. The van der Waals surface area contributed by atoms with E-state index in [9.17, 15) is 39.5 Å². The van der Waals surface area contributed by atoms with Crippen molar-refractivity contribution in [3.8, 4) is 0 Å². The summed E-state index contributed by atoms with van der Waals surface area (Å²) in [4.78, 5) is 0. The third-order valence-electron chi connectivity index (χ3n) is 3.50. The zero-order valence-electron chi connectivity index (χ0n) is 13.1. The molecule has 0 aliphatic carbocycles. The monoisotopic (exact) mass is 452 g/mol. The Morgan fingerprint density at radius 2 is 1.35 bits per heavy atom. The fraction of sp³-hybridized carbons (Fsp3) is 0.750. The predicted octanol–water partition coefficient (Wildman–Crippen LogP) is 6.04. The fourth-order valence-corrected chi connectivity index (χ4v) is 3.39. The van der Waals surface area contributed by atoms with E-state index in [2.05, 4.69) is 25.3 Å². The molecule has 26 heavy (non-hydrogen) atoms. The molecular weight excluding hydrogens is 439 g/mol. The summed E-state index contributed by atoms with van der Waals surface area (Å²) in [6.45, 7) is 2.21. The van der Waals surface area contributed by atoms with Gasteiger partial charge in [0.25, 0.3) is 0 Å². The SMILES string of the molecule is CC(C)n1c(S)c(S)n(CCC(F)(F)C(F)(F)C(F)(F)C(F)(F)F)c1=S. The van der Waals surface area contributed by atoms with Gasteiger partial charge in [-0.3, -0.25) is 0 Å². The Bertz CT molecular complexity index is 719. The van der Waals surface area contributed by atoms with Crippen molar-refractivity contribution in [2.75, 3.05) is 0 Å². The van der Waals surface area contributed by atoms with Gasteiger partial charge in [-0.2, -0.15) is 39.5 Å². The number of halogens is 9. The number of thiol groups is 2. The molecule has 0 saturated heterocycles. The lowest BCUT2D eigenvalue weighted by molar-refractivity contribution is -0.397. The molecule has 0 aromatic carbocycles. The first-order valence-electron chi connectivity index (χ1n) is 6.83. The van der Waals surface area contributed by atoms with Crippen molar-refractivity contribution in [2.45, 2.75) is 66.9 Å². The van der Waals surface area contributed by atoms with E-state index in [1.165, 1.54) is 4.57 Å². The molecule has 0 aliphatic rings. The first-order valence-corrected chi connectivity index (χ1v) is 8.13. The quantitative estimate of drug-likeness (QED) is 0.304. The van der Waals surface area contributed by atoms with E-state index in [0.29, 0.717) is 0 Å². The first kappa shape index (κ1) is 23.5. The van der Waals surface area contributed by atoms with E-state index in [-0.39, 0.29) is 20.9 Å². The summed E-state index contributed by atoms with van der Waals surface area (Å²) in [6, 6.07) is -0.321. The Hall–Kier alpha value is -0.500. The average Bonchev–Trinajstić information content (AvgIpc) is 2.65. The minimum Gasteiger partial charge on any atom is -0.311 e. The van der Waals surface area contributed by atoms with Crippen LogP contribution >= 0.6 is 37.5 Å². The zero-order chi connectivity index (χ0) is 20.9. The molecule has 0 unspecified atom stereocenters. The van der Waals surface area contributed by atoms with Gasteiger partial charge in [0.15, 0.2) is 4.77 Å². The molecule has 14 heteroatoms. The van der Waals surface area contributed by atoms with Gasteiger partial charge in [0.1, 0.15) is 10.1 Å². The van der Waals surface area contributed by atoms with Gasteiger partial charge in [0, 0.05) is 19.0 Å². The number of hydrogen-bond donors (Lipinski definition) is 2. The minimum absolute atomic E-state index is 0.101. The van der Waals surface area contributed by atoms with E-state index >= 15 is 0 Å². The molecule has 0 radical (unpaired) electrons. The molecule has 0 aliphatic heterocycles. The molecule has 0 N–H and O–H groups in total. The zero-order valence-corrected chi connectivity index (χ0v) is 15.7. The molecule has 0 spiro atoms. The molecule has 0 atom stereocenters. The predicted molar refractivity (Wildman–Crippen MR) is 83.7 cm³/mol. The Labute approximate surface area is 158 Å². The summed E-state index contributed by atoms with van der Waals surface area (Å²) in [5.41, 5.74) is 0. The second kappa shape index (κ2) is 7.15. The molecular formula is C12H13F9N2S3. The van der Waals surface area contributed by atoms with Gasteiger partial charge in [-0.1, -0.05) is 0 Å². The van der Waals surface area contributed by atoms with E-state index in [1.807, 2.05) is 0 Å². The summed E-state index contributed by atoms with van der Waals surface area (Å²) in [7, 11) is 0. The highest BCUT2D eigenvalue weighted by Gasteiger charge is 2.81. The highest BCUT2D eigenvalue weighted by molar-refractivity contribution is 7.83. The lowest BCUT2D eigenvalue weighted by atomic mass is 10.0. The number of alkyl halides is 9. The molecule has 1 heterocycles. The van der Waals surface area contributed by atoms with Crippen molar-refractivity contribution < 1.29 is 39.5 Å². The van der Waals surface area contributed by atoms with Crippen molar-refractivity contribution >= 4 is 37.5 Å². The van der Waals surface area contributed by atoms with Crippen molar-refractivity contribution in [1.82, 2.24) is 9.13 Å². The largest absolute Gasteiger partial charge is 0.460 e. The van der Waals surface area contributed by atoms with Crippen molar-refractivity contribution in [3.63, 3.8) is 0 Å². The van der Waals surface area contributed by atoms with Crippen LogP contribution < -0.4 is 0 Å². The number of aromatic nitrogens is 2. The summed E-state index contributed by atoms with van der Waals surface area (Å²) < 4.78 is 118. The Balaban J connectivity index is 3.21. The molecule has 0 bridgehead atoms. The molecule has 152 valence electrons. The van der Waals surface area contributed by atoms with Crippen molar-refractivity contribution in [1.29, 1.82) is 0 Å². The Morgan fingerprint density at radius 3 is 1.69 bits per heavy atom. The second-order valence-electron chi connectivity index (χ2n) is 5.65. The molecule has 0 amide bonds. The van der Waals surface area contributed by atoms with Crippen LogP contribution in [0.15, 0.2) is 10.1 Å². The van der Waals surface area contributed by atoms with E-state index < -0.39 is 36.9 Å². The number of imidazole rings is 1. The van der Waals surface area contributed by atoms with Gasteiger partial charge < -0.3 is 9.13 Å². The molecule has 1 rings (SSSR count). The smallest absolute Gasteiger partial charge is 0.311 e. The highest BCUT2D eigenvalue weighted by atomic mass is 32.1. The highest BCUT2D eigenvalue weighted by Crippen LogP contribution is 2.54. The maximum Gasteiger partial charge on any atom is 0.460 e. The van der Waals surface area contributed by atoms with E-state index in [1.54, 1.807) is 13.8 Å². The van der Waals surface area contributed by atoms with Crippen LogP contribution in [0.25, 0.3) is 0 Å². The lowest BCUT2D eigenvalue weighted by Gasteiger charge is -2.33. The average molecular weight is 452 g/mol. The third kappa shape index (κ3) is 3.73. The van der Waals surface area contributed by atoms with E-state index in [0.717, 1.165) is 4.57 Å². The normalized spacial score (nSPS) is 14.4. The van der Waals surface area contributed by atoms with Gasteiger partial charge in [0.2, 0.25) is 0 Å². The van der Waals surface area contributed by atoms with Gasteiger partial charge in [-0.15, -0.1) is 25.3 Å². The molecule has 1 aromatic heterocycles. The van der Waals surface area contributed by atoms with Gasteiger partial charge in [-0.05, 0) is 26.1 Å². The standard InChI is InChI=1S/C12H13F9N2S3/c1-5(2)23-7(25)6(24)22(8(23)26)4-3-9(13,14)10(15,16)11(17,18)12(19,20)21/h5,24-25H,3-4H2,1-2H3. The van der Waals surface area contributed by atoms with Crippen molar-refractivity contribution in [2.24, 2.45) is 0 Å². The van der Waals surface area contributed by atoms with Crippen LogP contribution in [0, 0.1) is 4.77 Å². The number of nitrogens with zero attached hydrogens (tertiary/aromatic N) is 2. The number of rotatable bonds is 6. The van der Waals surface area contributed by atoms with Gasteiger partial charge >= 0.3 is 23.9 Å². The van der Waals surface area contributed by atoms with Crippen molar-refractivity contribution in [3.05, 3.63) is 4.77 Å². The third-order valence-corrected chi connectivity index (χ3v) is 4.97. The summed E-state index contributed by atoms with van der Waals surface area (Å²) >= 11 is 12.9. The van der Waals surface area contributed by atoms with Crippen LogP contribution in [0.4, 0.5) is 39.5 Å². The summed E-state index contributed by atoms with van der Waals surface area (Å²) in [5.74, 6) is -19.2. The van der Waals surface area contributed by atoms with Crippen LogP contribution in [0.2, 0.25) is 0 Å². The summed E-state index contributed by atoms with van der Waals surface area (Å²) in [6.07, 6.45) is -8.87. The Kier molecular flexibility index (Phi) is 6.47. The van der Waals surface area contributed by atoms with Gasteiger partial charge in [-0.25, -0.2) is 0 Å². The molecule has 2 nitrogen and oxygen atoms in total. The summed E-state index contributed by atoms with van der Waals surface area (Å²) in [5, 5.41) is -0.0160. The van der Waals surface area contributed by atoms with Crippen LogP contribution in [0.5, 0.6) is 0 Å². The van der Waals surface area contributed by atoms with Crippen LogP contribution in [-0.4, -0.2) is 33.1 Å². The van der Waals surface area contributed by atoms with E-state index in [4.69, 9.17) is 12.2 Å². The number of hydrogen-bond acceptors (Lipinski definition) is 3. The molecule has 1 aromatic rings. The maximum absolute atomic E-state index is 13.6. The van der Waals surface area contributed by atoms with Crippen LogP contribution in [0.1, 0.15) is 26.3 Å². The molecule has 0 saturated carbocycles. The van der Waals surface area contributed by atoms with Crippen LogP contribution in [0.3, 0.4) is 0 Å². The topological polar surface area (TPSA) is 9.86 Å². The van der Waals surface area contributed by atoms with Gasteiger partial charge in [0.05, 0.1) is 0 Å². The Morgan fingerprint density at radius 1 is 0.885 bits per heavy atom. The first-order chi connectivity index (χ1) is 11.4. The maximum atomic E-state index is 13.6. The second-order valence-corrected chi connectivity index (χ2v) is 6.86. The molecule has 0 fully saturated rings.